The molecule has 100 valence electrons. The van der Waals surface area contributed by atoms with Gasteiger partial charge in [-0.1, -0.05) is 12.1 Å². The minimum absolute atomic E-state index is 0.171. The van der Waals surface area contributed by atoms with Gasteiger partial charge in [0, 0.05) is 17.1 Å². The highest BCUT2D eigenvalue weighted by molar-refractivity contribution is 7.13. The number of rotatable bonds is 3. The smallest absolute Gasteiger partial charge is 0.268 e. The number of carbonyl (C=O) groups is 1. The minimum Gasteiger partial charge on any atom is -0.297 e. The second-order valence-corrected chi connectivity index (χ2v) is 4.50. The van der Waals surface area contributed by atoms with Gasteiger partial charge in [-0.2, -0.15) is 5.26 Å². The average Bonchev–Trinajstić information content (AvgIpc) is 2.93. The van der Waals surface area contributed by atoms with Crippen LogP contribution in [0.15, 0.2) is 35.3 Å². The summed E-state index contributed by atoms with van der Waals surface area (Å²) in [5.74, 6) is -2.88. The van der Waals surface area contributed by atoms with Crippen LogP contribution in [0.5, 0.6) is 0 Å². The SMILES string of the molecule is N#C/C(=C/c1cccc(F)c1F)C(=O)Nc1nccs1. The number of nitrogens with zero attached hydrogens (tertiary/aromatic N) is 2. The van der Waals surface area contributed by atoms with E-state index in [4.69, 9.17) is 5.26 Å². The third-order valence-corrected chi connectivity index (χ3v) is 2.99. The summed E-state index contributed by atoms with van der Waals surface area (Å²) in [6.07, 6.45) is 2.48. The molecule has 1 N–H and O–H groups in total. The first-order chi connectivity index (χ1) is 9.61. The zero-order valence-electron chi connectivity index (χ0n) is 9.93. The van der Waals surface area contributed by atoms with Gasteiger partial charge in [-0.05, 0) is 12.1 Å². The normalized spacial score (nSPS) is 10.9. The van der Waals surface area contributed by atoms with Gasteiger partial charge in [0.1, 0.15) is 11.6 Å². The summed E-state index contributed by atoms with van der Waals surface area (Å²) in [5.41, 5.74) is -0.513. The molecule has 2 aromatic rings. The van der Waals surface area contributed by atoms with Crippen LogP contribution in [0.4, 0.5) is 13.9 Å². The average molecular weight is 291 g/mol. The summed E-state index contributed by atoms with van der Waals surface area (Å²) >= 11 is 1.18. The van der Waals surface area contributed by atoms with Crippen LogP contribution in [0.25, 0.3) is 6.08 Å². The van der Waals surface area contributed by atoms with Gasteiger partial charge in [-0.3, -0.25) is 10.1 Å². The second-order valence-electron chi connectivity index (χ2n) is 3.60. The first-order valence-corrected chi connectivity index (χ1v) is 6.26. The topological polar surface area (TPSA) is 65.8 Å². The van der Waals surface area contributed by atoms with Gasteiger partial charge in [0.2, 0.25) is 0 Å². The Morgan fingerprint density at radius 3 is 2.90 bits per heavy atom. The van der Waals surface area contributed by atoms with E-state index in [0.717, 1.165) is 12.1 Å². The van der Waals surface area contributed by atoms with E-state index in [1.165, 1.54) is 29.7 Å². The fourth-order valence-electron chi connectivity index (χ4n) is 1.39. The van der Waals surface area contributed by atoms with Crippen LogP contribution < -0.4 is 5.32 Å². The van der Waals surface area contributed by atoms with Gasteiger partial charge >= 0.3 is 0 Å². The van der Waals surface area contributed by atoms with E-state index in [1.54, 1.807) is 11.4 Å². The van der Waals surface area contributed by atoms with Gasteiger partial charge in [0.05, 0.1) is 0 Å². The summed E-state index contributed by atoms with van der Waals surface area (Å²) in [6.45, 7) is 0. The molecule has 0 spiro atoms. The third kappa shape index (κ3) is 3.05. The molecule has 0 aliphatic rings. The van der Waals surface area contributed by atoms with E-state index < -0.39 is 17.5 Å². The standard InChI is InChI=1S/C13H7F2N3OS/c14-10-3-1-2-8(11(10)15)6-9(7-16)12(19)18-13-17-4-5-20-13/h1-6H,(H,17,18,19)/b9-6-. The fourth-order valence-corrected chi connectivity index (χ4v) is 1.91. The number of anilines is 1. The number of carbonyl (C=O) groups excluding carboxylic acids is 1. The van der Waals surface area contributed by atoms with Crippen molar-refractivity contribution in [2.75, 3.05) is 5.32 Å². The number of hydrogen-bond acceptors (Lipinski definition) is 4. The summed E-state index contributed by atoms with van der Waals surface area (Å²) in [6, 6.07) is 5.16. The van der Waals surface area contributed by atoms with Crippen LogP contribution in [0.2, 0.25) is 0 Å². The van der Waals surface area contributed by atoms with Crippen LogP contribution in [-0.2, 0) is 4.79 Å². The molecule has 7 heteroatoms. The maximum Gasteiger partial charge on any atom is 0.268 e. The summed E-state index contributed by atoms with van der Waals surface area (Å²) in [5, 5.41) is 13.3. The molecule has 0 aliphatic carbocycles. The van der Waals surface area contributed by atoms with Crippen molar-refractivity contribution in [1.29, 1.82) is 5.26 Å². The molecule has 1 heterocycles. The highest BCUT2D eigenvalue weighted by Crippen LogP contribution is 2.16. The number of benzene rings is 1. The summed E-state index contributed by atoms with van der Waals surface area (Å²) < 4.78 is 26.5. The van der Waals surface area contributed by atoms with Gasteiger partial charge in [0.15, 0.2) is 16.8 Å². The number of nitrogens with one attached hydrogen (secondary N) is 1. The predicted molar refractivity (Wildman–Crippen MR) is 70.7 cm³/mol. The lowest BCUT2D eigenvalue weighted by Crippen LogP contribution is -2.13. The first kappa shape index (κ1) is 13.8. The van der Waals surface area contributed by atoms with Crippen molar-refractivity contribution in [3.8, 4) is 6.07 Å². The largest absolute Gasteiger partial charge is 0.297 e. The predicted octanol–water partition coefficient (Wildman–Crippen LogP) is 2.97. The molecule has 2 rings (SSSR count). The quantitative estimate of drug-likeness (QED) is 0.698. The summed E-state index contributed by atoms with van der Waals surface area (Å²) in [7, 11) is 0. The van der Waals surface area contributed by atoms with E-state index in [0.29, 0.717) is 5.13 Å². The van der Waals surface area contributed by atoms with Gasteiger partial charge < -0.3 is 0 Å². The highest BCUT2D eigenvalue weighted by atomic mass is 32.1. The Kier molecular flexibility index (Phi) is 4.17. The van der Waals surface area contributed by atoms with Crippen molar-refractivity contribution in [3.05, 3.63) is 52.5 Å². The van der Waals surface area contributed by atoms with Crippen LogP contribution in [0.3, 0.4) is 0 Å². The molecule has 0 atom stereocenters. The molecule has 0 saturated heterocycles. The fraction of sp³-hybridized carbons (Fsp3) is 0. The molecule has 1 aromatic carbocycles. The Hall–Kier alpha value is -2.59. The van der Waals surface area contributed by atoms with Crippen LogP contribution >= 0.6 is 11.3 Å². The Labute approximate surface area is 117 Å². The molecule has 0 unspecified atom stereocenters. The Balaban J connectivity index is 2.28. The van der Waals surface area contributed by atoms with Gasteiger partial charge in [-0.15, -0.1) is 11.3 Å². The molecule has 1 amide bonds. The number of hydrogen-bond donors (Lipinski definition) is 1. The first-order valence-electron chi connectivity index (χ1n) is 5.38. The lowest BCUT2D eigenvalue weighted by molar-refractivity contribution is -0.112. The zero-order valence-corrected chi connectivity index (χ0v) is 10.7. The molecule has 0 aliphatic heterocycles. The van der Waals surface area contributed by atoms with Crippen LogP contribution in [0, 0.1) is 23.0 Å². The van der Waals surface area contributed by atoms with Crippen LogP contribution in [-0.4, -0.2) is 10.9 Å². The van der Waals surface area contributed by atoms with E-state index in [1.807, 2.05) is 0 Å². The molecular formula is C13H7F2N3OS. The second kappa shape index (κ2) is 6.04. The zero-order chi connectivity index (χ0) is 14.5. The Bertz CT molecular complexity index is 705. The van der Waals surface area contributed by atoms with E-state index in [-0.39, 0.29) is 11.1 Å². The lowest BCUT2D eigenvalue weighted by Gasteiger charge is -2.01. The summed E-state index contributed by atoms with van der Waals surface area (Å²) in [4.78, 5) is 15.6. The molecule has 20 heavy (non-hydrogen) atoms. The molecule has 0 fully saturated rings. The molecule has 0 radical (unpaired) electrons. The number of thiazole rings is 1. The van der Waals surface area contributed by atoms with Crippen LogP contribution in [0.1, 0.15) is 5.56 Å². The van der Waals surface area contributed by atoms with E-state index in [2.05, 4.69) is 10.3 Å². The highest BCUT2D eigenvalue weighted by Gasteiger charge is 2.13. The van der Waals surface area contributed by atoms with Crippen molar-refractivity contribution in [2.24, 2.45) is 0 Å². The van der Waals surface area contributed by atoms with Crippen molar-refractivity contribution in [1.82, 2.24) is 4.98 Å². The third-order valence-electron chi connectivity index (χ3n) is 2.30. The number of halogens is 2. The number of aromatic nitrogens is 1. The van der Waals surface area contributed by atoms with E-state index in [9.17, 15) is 13.6 Å². The van der Waals surface area contributed by atoms with Gasteiger partial charge in [-0.25, -0.2) is 13.8 Å². The van der Waals surface area contributed by atoms with Crippen molar-refractivity contribution in [2.45, 2.75) is 0 Å². The number of amides is 1. The monoisotopic (exact) mass is 291 g/mol. The molecule has 1 aromatic heterocycles. The molecule has 0 saturated carbocycles. The lowest BCUT2D eigenvalue weighted by atomic mass is 10.1. The maximum absolute atomic E-state index is 13.5. The Morgan fingerprint density at radius 2 is 2.25 bits per heavy atom. The minimum atomic E-state index is -1.11. The maximum atomic E-state index is 13.5. The molecule has 0 bridgehead atoms. The van der Waals surface area contributed by atoms with Crippen molar-refractivity contribution < 1.29 is 13.6 Å². The number of nitriles is 1. The van der Waals surface area contributed by atoms with Crippen molar-refractivity contribution >= 4 is 28.5 Å². The van der Waals surface area contributed by atoms with Gasteiger partial charge in [0.25, 0.3) is 5.91 Å². The molecule has 4 nitrogen and oxygen atoms in total. The van der Waals surface area contributed by atoms with Crippen molar-refractivity contribution in [3.63, 3.8) is 0 Å². The molecular weight excluding hydrogens is 284 g/mol. The Morgan fingerprint density at radius 1 is 1.45 bits per heavy atom. The van der Waals surface area contributed by atoms with E-state index >= 15 is 0 Å².